The summed E-state index contributed by atoms with van der Waals surface area (Å²) in [6, 6.07) is 0.791. The Hall–Kier alpha value is -0.610. The zero-order valence-corrected chi connectivity index (χ0v) is 13.8. The minimum absolute atomic E-state index is 0.265. The van der Waals surface area contributed by atoms with Crippen molar-refractivity contribution in [1.29, 1.82) is 0 Å². The number of hydrogen-bond donors (Lipinski definition) is 1. The Balaban J connectivity index is 1.78. The molecule has 3 atom stereocenters. The van der Waals surface area contributed by atoms with Crippen molar-refractivity contribution in [3.05, 3.63) is 0 Å². The fourth-order valence-corrected chi connectivity index (χ4v) is 4.05. The molecule has 4 nitrogen and oxygen atoms in total. The Bertz CT molecular complexity index is 342. The van der Waals surface area contributed by atoms with Gasteiger partial charge in [0.15, 0.2) is 0 Å². The molecule has 0 amide bonds. The summed E-state index contributed by atoms with van der Waals surface area (Å²) in [5.41, 5.74) is 5.27. The van der Waals surface area contributed by atoms with E-state index in [1.54, 1.807) is 6.92 Å². The predicted octanol–water partition coefficient (Wildman–Crippen LogP) is 2.70. The Morgan fingerprint density at radius 2 is 2.00 bits per heavy atom. The molecule has 2 N–H and O–H groups in total. The molecule has 2 fully saturated rings. The second-order valence-corrected chi connectivity index (χ2v) is 7.03. The summed E-state index contributed by atoms with van der Waals surface area (Å²) in [6.07, 6.45) is 10.0. The van der Waals surface area contributed by atoms with E-state index in [1.807, 2.05) is 6.92 Å². The first-order chi connectivity index (χ1) is 10.0. The van der Waals surface area contributed by atoms with Crippen LogP contribution in [0.4, 0.5) is 0 Å². The summed E-state index contributed by atoms with van der Waals surface area (Å²) in [4.78, 5) is 14.5. The lowest BCUT2D eigenvalue weighted by atomic mass is 9.78. The Morgan fingerprint density at radius 3 is 2.76 bits per heavy atom. The first-order valence-corrected chi connectivity index (χ1v) is 8.74. The van der Waals surface area contributed by atoms with Gasteiger partial charge in [0.1, 0.15) is 5.54 Å². The van der Waals surface area contributed by atoms with Gasteiger partial charge in [-0.3, -0.25) is 4.79 Å². The number of rotatable bonds is 6. The molecule has 0 spiro atoms. The SMILES string of the molecule is CCOC(=O)C(C)(N)CCCN1CCCC2CCCCC21. The van der Waals surface area contributed by atoms with Crippen LogP contribution in [0, 0.1) is 5.92 Å². The molecule has 21 heavy (non-hydrogen) atoms. The van der Waals surface area contributed by atoms with Crippen molar-refractivity contribution >= 4 is 5.97 Å². The van der Waals surface area contributed by atoms with Gasteiger partial charge in [0, 0.05) is 6.04 Å². The highest BCUT2D eigenvalue weighted by molar-refractivity contribution is 5.79. The smallest absolute Gasteiger partial charge is 0.325 e. The van der Waals surface area contributed by atoms with Gasteiger partial charge in [-0.25, -0.2) is 0 Å². The Labute approximate surface area is 129 Å². The van der Waals surface area contributed by atoms with Crippen LogP contribution in [0.25, 0.3) is 0 Å². The second kappa shape index (κ2) is 7.59. The lowest BCUT2D eigenvalue weighted by Gasteiger charge is -2.44. The van der Waals surface area contributed by atoms with Gasteiger partial charge in [0.05, 0.1) is 6.61 Å². The third-order valence-electron chi connectivity index (χ3n) is 5.24. The number of piperidine rings is 1. The van der Waals surface area contributed by atoms with Crippen LogP contribution < -0.4 is 5.73 Å². The van der Waals surface area contributed by atoms with Crippen molar-refractivity contribution in [2.45, 2.75) is 76.8 Å². The third kappa shape index (κ3) is 4.43. The molecule has 1 saturated carbocycles. The monoisotopic (exact) mass is 296 g/mol. The normalized spacial score (nSPS) is 29.5. The van der Waals surface area contributed by atoms with E-state index in [0.29, 0.717) is 13.0 Å². The highest BCUT2D eigenvalue weighted by Gasteiger charge is 2.34. The van der Waals surface area contributed by atoms with Gasteiger partial charge < -0.3 is 15.4 Å². The molecule has 2 aliphatic rings. The highest BCUT2D eigenvalue weighted by Crippen LogP contribution is 2.35. The van der Waals surface area contributed by atoms with E-state index in [0.717, 1.165) is 24.9 Å². The van der Waals surface area contributed by atoms with Crippen LogP contribution in [0.15, 0.2) is 0 Å². The lowest BCUT2D eigenvalue weighted by Crippen LogP contribution is -2.49. The molecule has 0 aromatic carbocycles. The van der Waals surface area contributed by atoms with Gasteiger partial charge in [-0.15, -0.1) is 0 Å². The molecule has 0 aromatic heterocycles. The topological polar surface area (TPSA) is 55.6 Å². The number of ether oxygens (including phenoxy) is 1. The van der Waals surface area contributed by atoms with Gasteiger partial charge >= 0.3 is 5.97 Å². The molecular formula is C17H32N2O2. The van der Waals surface area contributed by atoms with Crippen molar-refractivity contribution < 1.29 is 9.53 Å². The molecule has 0 aromatic rings. The van der Waals surface area contributed by atoms with Gasteiger partial charge in [-0.05, 0) is 71.4 Å². The molecular weight excluding hydrogens is 264 g/mol. The Morgan fingerprint density at radius 1 is 1.29 bits per heavy atom. The van der Waals surface area contributed by atoms with Gasteiger partial charge in [-0.1, -0.05) is 12.8 Å². The molecule has 1 saturated heterocycles. The first kappa shape index (κ1) is 16.8. The second-order valence-electron chi connectivity index (χ2n) is 7.03. The van der Waals surface area contributed by atoms with E-state index < -0.39 is 5.54 Å². The molecule has 0 radical (unpaired) electrons. The first-order valence-electron chi connectivity index (χ1n) is 8.74. The molecule has 1 heterocycles. The van der Waals surface area contributed by atoms with E-state index in [-0.39, 0.29) is 5.97 Å². The molecule has 3 unspecified atom stereocenters. The number of nitrogens with zero attached hydrogens (tertiary/aromatic N) is 1. The average molecular weight is 296 g/mol. The molecule has 2 rings (SSSR count). The van der Waals surface area contributed by atoms with Crippen LogP contribution in [0.2, 0.25) is 0 Å². The highest BCUT2D eigenvalue weighted by atomic mass is 16.5. The van der Waals surface area contributed by atoms with Crippen LogP contribution in [-0.2, 0) is 9.53 Å². The van der Waals surface area contributed by atoms with Gasteiger partial charge in [-0.2, -0.15) is 0 Å². The molecule has 4 heteroatoms. The standard InChI is InChI=1S/C17H32N2O2/c1-3-21-16(20)17(2,18)11-7-13-19-12-6-9-14-8-4-5-10-15(14)19/h14-15H,3-13,18H2,1-2H3. The van der Waals surface area contributed by atoms with E-state index in [4.69, 9.17) is 10.5 Å². The molecule has 1 aliphatic heterocycles. The molecule has 1 aliphatic carbocycles. The maximum atomic E-state index is 11.8. The number of carbonyl (C=O) groups excluding carboxylic acids is 1. The lowest BCUT2D eigenvalue weighted by molar-refractivity contribution is -0.149. The quantitative estimate of drug-likeness (QED) is 0.766. The van der Waals surface area contributed by atoms with Gasteiger partial charge in [0.25, 0.3) is 0 Å². The van der Waals surface area contributed by atoms with Crippen LogP contribution in [0.3, 0.4) is 0 Å². The molecule has 122 valence electrons. The van der Waals surface area contributed by atoms with Crippen molar-refractivity contribution in [3.63, 3.8) is 0 Å². The van der Waals surface area contributed by atoms with Crippen molar-refractivity contribution in [2.24, 2.45) is 11.7 Å². The third-order valence-corrected chi connectivity index (χ3v) is 5.24. The number of likely N-dealkylation sites (tertiary alicyclic amines) is 1. The van der Waals surface area contributed by atoms with E-state index in [9.17, 15) is 4.79 Å². The van der Waals surface area contributed by atoms with Crippen LogP contribution >= 0.6 is 0 Å². The maximum absolute atomic E-state index is 11.8. The van der Waals surface area contributed by atoms with Crippen LogP contribution in [0.5, 0.6) is 0 Å². The summed E-state index contributed by atoms with van der Waals surface area (Å²) in [5, 5.41) is 0. The zero-order chi connectivity index (χ0) is 15.3. The zero-order valence-electron chi connectivity index (χ0n) is 13.8. The van der Waals surface area contributed by atoms with Crippen LogP contribution in [-0.4, -0.2) is 42.1 Å². The minimum Gasteiger partial charge on any atom is -0.465 e. The largest absolute Gasteiger partial charge is 0.465 e. The number of nitrogens with two attached hydrogens (primary N) is 1. The maximum Gasteiger partial charge on any atom is 0.325 e. The number of esters is 1. The summed E-state index contributed by atoms with van der Waals surface area (Å²) >= 11 is 0. The number of fused-ring (bicyclic) bond motifs is 1. The van der Waals surface area contributed by atoms with E-state index >= 15 is 0 Å². The van der Waals surface area contributed by atoms with E-state index in [1.165, 1.54) is 45.1 Å². The van der Waals surface area contributed by atoms with Crippen LogP contribution in [0.1, 0.15) is 65.2 Å². The molecule has 0 bridgehead atoms. The number of hydrogen-bond acceptors (Lipinski definition) is 4. The minimum atomic E-state index is -0.836. The number of carbonyl (C=O) groups is 1. The summed E-state index contributed by atoms with van der Waals surface area (Å²) < 4.78 is 5.06. The van der Waals surface area contributed by atoms with Crippen molar-refractivity contribution in [2.75, 3.05) is 19.7 Å². The summed E-state index contributed by atoms with van der Waals surface area (Å²) in [6.45, 7) is 6.33. The van der Waals surface area contributed by atoms with Crippen molar-refractivity contribution in [3.8, 4) is 0 Å². The predicted molar refractivity (Wildman–Crippen MR) is 85.0 cm³/mol. The fourth-order valence-electron chi connectivity index (χ4n) is 4.05. The summed E-state index contributed by atoms with van der Waals surface area (Å²) in [7, 11) is 0. The van der Waals surface area contributed by atoms with E-state index in [2.05, 4.69) is 4.90 Å². The fraction of sp³-hybridized carbons (Fsp3) is 0.941. The summed E-state index contributed by atoms with van der Waals surface area (Å²) in [5.74, 6) is 0.654. The van der Waals surface area contributed by atoms with Gasteiger partial charge in [0.2, 0.25) is 0 Å². The Kier molecular flexibility index (Phi) is 6.06. The average Bonchev–Trinajstić information content (AvgIpc) is 2.47. The van der Waals surface area contributed by atoms with Crippen molar-refractivity contribution in [1.82, 2.24) is 4.90 Å².